The zero-order valence-electron chi connectivity index (χ0n) is 15.1. The molecule has 0 spiro atoms. The van der Waals surface area contributed by atoms with Gasteiger partial charge in [-0.2, -0.15) is 0 Å². The van der Waals surface area contributed by atoms with Gasteiger partial charge in [0.05, 0.1) is 12.1 Å². The Bertz CT molecular complexity index is 419. The van der Waals surface area contributed by atoms with Gasteiger partial charge < -0.3 is 14.7 Å². The van der Waals surface area contributed by atoms with E-state index in [9.17, 15) is 9.59 Å². The van der Waals surface area contributed by atoms with Gasteiger partial charge in [-0.25, -0.2) is 0 Å². The van der Waals surface area contributed by atoms with E-state index < -0.39 is 5.97 Å². The van der Waals surface area contributed by atoms with Crippen molar-refractivity contribution in [2.24, 2.45) is 5.92 Å². The fourth-order valence-electron chi connectivity index (χ4n) is 3.57. The van der Waals surface area contributed by atoms with Crippen LogP contribution >= 0.6 is 0 Å². The standard InChI is InChI=1S/C18H32N2O4/c1-14(2)8-12-24-15-6-10-19(11-7-15)16-5-3-4-9-20(18(16)23)13-17(21)22/h14-16H,3-13H2,1-2H3,(H,21,22). The van der Waals surface area contributed by atoms with Crippen LogP contribution in [-0.4, -0.2) is 71.7 Å². The number of carboxylic acids is 1. The first kappa shape index (κ1) is 19.2. The Kier molecular flexibility index (Phi) is 7.49. The fourth-order valence-corrected chi connectivity index (χ4v) is 3.57. The third-order valence-electron chi connectivity index (χ3n) is 5.04. The van der Waals surface area contributed by atoms with Crippen LogP contribution in [-0.2, 0) is 14.3 Å². The maximum absolute atomic E-state index is 12.7. The van der Waals surface area contributed by atoms with E-state index in [1.165, 1.54) is 4.90 Å². The average molecular weight is 340 g/mol. The minimum atomic E-state index is -0.929. The number of hydrogen-bond acceptors (Lipinski definition) is 4. The number of nitrogens with zero attached hydrogens (tertiary/aromatic N) is 2. The second-order valence-corrected chi connectivity index (χ2v) is 7.45. The summed E-state index contributed by atoms with van der Waals surface area (Å²) < 4.78 is 5.95. The third-order valence-corrected chi connectivity index (χ3v) is 5.04. The van der Waals surface area contributed by atoms with Crippen LogP contribution < -0.4 is 0 Å². The van der Waals surface area contributed by atoms with E-state index in [1.807, 2.05) is 0 Å². The lowest BCUT2D eigenvalue weighted by atomic mass is 10.0. The largest absolute Gasteiger partial charge is 0.480 e. The maximum atomic E-state index is 12.7. The van der Waals surface area contributed by atoms with Gasteiger partial charge in [0.2, 0.25) is 5.91 Å². The summed E-state index contributed by atoms with van der Waals surface area (Å²) in [6.07, 6.45) is 6.03. The molecule has 0 aromatic heterocycles. The molecule has 2 rings (SSSR count). The van der Waals surface area contributed by atoms with Gasteiger partial charge >= 0.3 is 5.97 Å². The highest BCUT2D eigenvalue weighted by molar-refractivity contribution is 5.85. The topological polar surface area (TPSA) is 70.1 Å². The van der Waals surface area contributed by atoms with E-state index in [1.54, 1.807) is 0 Å². The normalized spacial score (nSPS) is 24.4. The molecule has 2 heterocycles. The van der Waals surface area contributed by atoms with Crippen LogP contribution in [0.5, 0.6) is 0 Å². The Hall–Kier alpha value is -1.14. The van der Waals surface area contributed by atoms with Crippen LogP contribution in [0.2, 0.25) is 0 Å². The summed E-state index contributed by atoms with van der Waals surface area (Å²) in [4.78, 5) is 27.4. The summed E-state index contributed by atoms with van der Waals surface area (Å²) in [5, 5.41) is 9.00. The maximum Gasteiger partial charge on any atom is 0.323 e. The van der Waals surface area contributed by atoms with E-state index in [0.717, 1.165) is 58.2 Å². The first-order valence-electron chi connectivity index (χ1n) is 9.33. The molecule has 0 saturated carbocycles. The number of rotatable bonds is 7. The van der Waals surface area contributed by atoms with E-state index in [2.05, 4.69) is 18.7 Å². The van der Waals surface area contributed by atoms with Crippen LogP contribution in [0.25, 0.3) is 0 Å². The SMILES string of the molecule is CC(C)CCOC1CCN(C2CCCCN(CC(=O)O)C2=O)CC1. The van der Waals surface area contributed by atoms with Crippen LogP contribution in [0.3, 0.4) is 0 Å². The van der Waals surface area contributed by atoms with Gasteiger partial charge in [0.1, 0.15) is 6.54 Å². The molecule has 0 radical (unpaired) electrons. The van der Waals surface area contributed by atoms with Crippen molar-refractivity contribution in [1.29, 1.82) is 0 Å². The molecule has 0 bridgehead atoms. The zero-order valence-corrected chi connectivity index (χ0v) is 15.1. The van der Waals surface area contributed by atoms with Crippen molar-refractivity contribution in [3.05, 3.63) is 0 Å². The van der Waals surface area contributed by atoms with Crippen molar-refractivity contribution >= 4 is 11.9 Å². The molecule has 2 aliphatic heterocycles. The molecule has 6 heteroatoms. The fraction of sp³-hybridized carbons (Fsp3) is 0.889. The van der Waals surface area contributed by atoms with Gasteiger partial charge in [0.25, 0.3) is 0 Å². The molecule has 138 valence electrons. The van der Waals surface area contributed by atoms with Crippen molar-refractivity contribution in [3.63, 3.8) is 0 Å². The summed E-state index contributed by atoms with van der Waals surface area (Å²) in [5.74, 6) is -0.274. The van der Waals surface area contributed by atoms with Crippen molar-refractivity contribution in [2.45, 2.75) is 64.5 Å². The van der Waals surface area contributed by atoms with Crippen molar-refractivity contribution in [1.82, 2.24) is 9.80 Å². The monoisotopic (exact) mass is 340 g/mol. The summed E-state index contributed by atoms with van der Waals surface area (Å²) in [7, 11) is 0. The lowest BCUT2D eigenvalue weighted by Crippen LogP contribution is -2.51. The average Bonchev–Trinajstić information content (AvgIpc) is 2.70. The van der Waals surface area contributed by atoms with Gasteiger partial charge in [-0.1, -0.05) is 13.8 Å². The molecule has 2 fully saturated rings. The highest BCUT2D eigenvalue weighted by Crippen LogP contribution is 2.23. The van der Waals surface area contributed by atoms with E-state index >= 15 is 0 Å². The predicted molar refractivity (Wildman–Crippen MR) is 91.9 cm³/mol. The van der Waals surface area contributed by atoms with Gasteiger partial charge in [-0.3, -0.25) is 14.5 Å². The number of carbonyl (C=O) groups excluding carboxylic acids is 1. The summed E-state index contributed by atoms with van der Waals surface area (Å²) in [6, 6.07) is -0.150. The molecule has 2 saturated heterocycles. The molecule has 2 aliphatic rings. The molecule has 6 nitrogen and oxygen atoms in total. The molecular formula is C18H32N2O4. The van der Waals surface area contributed by atoms with Crippen LogP contribution in [0.15, 0.2) is 0 Å². The highest BCUT2D eigenvalue weighted by atomic mass is 16.5. The Morgan fingerprint density at radius 3 is 2.54 bits per heavy atom. The summed E-state index contributed by atoms with van der Waals surface area (Å²) in [6.45, 7) is 7.34. The summed E-state index contributed by atoms with van der Waals surface area (Å²) in [5.41, 5.74) is 0. The molecule has 24 heavy (non-hydrogen) atoms. The van der Waals surface area contributed by atoms with E-state index in [-0.39, 0.29) is 18.5 Å². The molecule has 0 aliphatic carbocycles. The number of piperidine rings is 1. The molecule has 1 N–H and O–H groups in total. The first-order valence-corrected chi connectivity index (χ1v) is 9.33. The first-order chi connectivity index (χ1) is 11.5. The third kappa shape index (κ3) is 5.74. The van der Waals surface area contributed by atoms with Crippen molar-refractivity contribution in [3.8, 4) is 0 Å². The van der Waals surface area contributed by atoms with Gasteiger partial charge in [-0.15, -0.1) is 0 Å². The lowest BCUT2D eigenvalue weighted by Gasteiger charge is -2.37. The van der Waals surface area contributed by atoms with Gasteiger partial charge in [-0.05, 0) is 44.4 Å². The van der Waals surface area contributed by atoms with Gasteiger partial charge in [0, 0.05) is 26.2 Å². The second-order valence-electron chi connectivity index (χ2n) is 7.45. The van der Waals surface area contributed by atoms with Crippen molar-refractivity contribution in [2.75, 3.05) is 32.8 Å². The molecule has 0 aromatic carbocycles. The zero-order chi connectivity index (χ0) is 17.5. The van der Waals surface area contributed by atoms with Crippen LogP contribution in [0, 0.1) is 5.92 Å². The summed E-state index contributed by atoms with van der Waals surface area (Å²) >= 11 is 0. The molecule has 1 amide bonds. The number of likely N-dealkylation sites (tertiary alicyclic amines) is 2. The van der Waals surface area contributed by atoms with E-state index in [0.29, 0.717) is 18.6 Å². The number of carbonyl (C=O) groups is 2. The number of aliphatic carboxylic acids is 1. The van der Waals surface area contributed by atoms with E-state index in [4.69, 9.17) is 9.84 Å². The quantitative estimate of drug-likeness (QED) is 0.767. The van der Waals surface area contributed by atoms with Crippen LogP contribution in [0.4, 0.5) is 0 Å². The molecule has 0 aromatic rings. The highest BCUT2D eigenvalue weighted by Gasteiger charge is 2.34. The Balaban J connectivity index is 1.83. The minimum Gasteiger partial charge on any atom is -0.480 e. The lowest BCUT2D eigenvalue weighted by molar-refractivity contribution is -0.147. The number of hydrogen-bond donors (Lipinski definition) is 1. The number of carboxylic acid groups (broad SMARTS) is 1. The predicted octanol–water partition coefficient (Wildman–Crippen LogP) is 1.98. The Labute approximate surface area is 145 Å². The van der Waals surface area contributed by atoms with Crippen molar-refractivity contribution < 1.29 is 19.4 Å². The van der Waals surface area contributed by atoms with Gasteiger partial charge in [0.15, 0.2) is 0 Å². The number of amides is 1. The molecular weight excluding hydrogens is 308 g/mol. The van der Waals surface area contributed by atoms with Crippen LogP contribution in [0.1, 0.15) is 52.4 Å². The Morgan fingerprint density at radius 1 is 1.21 bits per heavy atom. The molecule has 1 atom stereocenters. The molecule has 1 unspecified atom stereocenters. The minimum absolute atomic E-state index is 0.00549. The second kappa shape index (κ2) is 9.37. The number of ether oxygens (including phenoxy) is 1. The smallest absolute Gasteiger partial charge is 0.323 e. The Morgan fingerprint density at radius 2 is 1.92 bits per heavy atom.